The van der Waals surface area contributed by atoms with Crippen molar-refractivity contribution in [2.45, 2.75) is 69.9 Å². The molecule has 3 aliphatic rings. The molecule has 1 N–H and O–H groups in total. The van der Waals surface area contributed by atoms with Gasteiger partial charge in [-0.2, -0.15) is 5.26 Å². The Morgan fingerprint density at radius 3 is 2.65 bits per heavy atom. The van der Waals surface area contributed by atoms with Gasteiger partial charge in [0.05, 0.1) is 6.07 Å². The van der Waals surface area contributed by atoms with E-state index in [0.29, 0.717) is 6.04 Å². The minimum Gasteiger partial charge on any atom is -0.350 e. The second-order valence-electron chi connectivity index (χ2n) is 6.72. The molecule has 0 radical (unpaired) electrons. The van der Waals surface area contributed by atoms with Crippen LogP contribution in [0, 0.1) is 16.7 Å². The highest BCUT2D eigenvalue weighted by molar-refractivity contribution is 5.85. The molecule has 4 nitrogen and oxygen atoms in total. The summed E-state index contributed by atoms with van der Waals surface area (Å²) in [7, 11) is 0. The van der Waals surface area contributed by atoms with Crippen LogP contribution in [-0.2, 0) is 4.79 Å². The molecule has 20 heavy (non-hydrogen) atoms. The van der Waals surface area contributed by atoms with Gasteiger partial charge in [0.25, 0.3) is 0 Å². The highest BCUT2D eigenvalue weighted by atomic mass is 16.2. The second-order valence-corrected chi connectivity index (χ2v) is 6.72. The van der Waals surface area contributed by atoms with Gasteiger partial charge in [-0.1, -0.05) is 25.7 Å². The first kappa shape index (κ1) is 13.9. The normalized spacial score (nSPS) is 33.1. The molecule has 2 aliphatic heterocycles. The van der Waals surface area contributed by atoms with Crippen LogP contribution in [0.5, 0.6) is 0 Å². The zero-order valence-corrected chi connectivity index (χ0v) is 12.2. The van der Waals surface area contributed by atoms with E-state index < -0.39 is 5.41 Å². The molecule has 0 bridgehead atoms. The molecule has 1 saturated carbocycles. The third-order valence-corrected chi connectivity index (χ3v) is 5.53. The highest BCUT2D eigenvalue weighted by Gasteiger charge is 2.43. The number of hydrogen-bond donors (Lipinski definition) is 1. The van der Waals surface area contributed by atoms with Crippen LogP contribution in [0.25, 0.3) is 0 Å². The predicted molar refractivity (Wildman–Crippen MR) is 76.9 cm³/mol. The van der Waals surface area contributed by atoms with Crippen LogP contribution in [-0.4, -0.2) is 36.0 Å². The Kier molecular flexibility index (Phi) is 3.98. The number of nitrogens with one attached hydrogen (secondary N) is 1. The molecule has 1 aliphatic carbocycles. The topological polar surface area (TPSA) is 56.1 Å². The van der Waals surface area contributed by atoms with E-state index in [1.807, 2.05) is 0 Å². The van der Waals surface area contributed by atoms with Crippen molar-refractivity contribution in [3.63, 3.8) is 0 Å². The van der Waals surface area contributed by atoms with Crippen molar-refractivity contribution in [3.8, 4) is 6.07 Å². The molecule has 4 heteroatoms. The van der Waals surface area contributed by atoms with E-state index in [4.69, 9.17) is 0 Å². The van der Waals surface area contributed by atoms with Gasteiger partial charge in [0.15, 0.2) is 0 Å². The van der Waals surface area contributed by atoms with Gasteiger partial charge < -0.3 is 5.32 Å². The van der Waals surface area contributed by atoms with Crippen LogP contribution in [0.4, 0.5) is 0 Å². The molecule has 110 valence electrons. The number of nitriles is 1. The zero-order valence-electron chi connectivity index (χ0n) is 12.2. The summed E-state index contributed by atoms with van der Waals surface area (Å²) in [5.74, 6) is 0.0112. The number of amides is 1. The molecule has 2 atom stereocenters. The molecule has 2 heterocycles. The van der Waals surface area contributed by atoms with Crippen LogP contribution in [0.15, 0.2) is 0 Å². The van der Waals surface area contributed by atoms with Crippen molar-refractivity contribution in [1.82, 2.24) is 10.2 Å². The molecule has 0 spiro atoms. The van der Waals surface area contributed by atoms with Gasteiger partial charge in [-0.3, -0.25) is 9.69 Å². The Morgan fingerprint density at radius 1 is 1.10 bits per heavy atom. The summed E-state index contributed by atoms with van der Waals surface area (Å²) in [5, 5.41) is 12.7. The molecular formula is C16H25N3O. The van der Waals surface area contributed by atoms with Crippen molar-refractivity contribution in [2.75, 3.05) is 13.1 Å². The smallest absolute Gasteiger partial charge is 0.240 e. The monoisotopic (exact) mass is 275 g/mol. The maximum Gasteiger partial charge on any atom is 0.240 e. The van der Waals surface area contributed by atoms with Crippen molar-refractivity contribution in [3.05, 3.63) is 0 Å². The van der Waals surface area contributed by atoms with Gasteiger partial charge in [0.1, 0.15) is 5.41 Å². The number of carbonyl (C=O) groups is 1. The summed E-state index contributed by atoms with van der Waals surface area (Å²) in [5.41, 5.74) is -0.736. The van der Waals surface area contributed by atoms with Gasteiger partial charge in [-0.05, 0) is 38.6 Å². The van der Waals surface area contributed by atoms with Crippen molar-refractivity contribution in [2.24, 2.45) is 5.41 Å². The van der Waals surface area contributed by atoms with Gasteiger partial charge >= 0.3 is 0 Å². The molecule has 3 rings (SSSR count). The molecule has 0 aromatic carbocycles. The van der Waals surface area contributed by atoms with Crippen molar-refractivity contribution >= 4 is 5.91 Å². The van der Waals surface area contributed by atoms with E-state index in [9.17, 15) is 10.1 Å². The quantitative estimate of drug-likeness (QED) is 0.840. The number of rotatable bonds is 2. The number of fused-ring (bicyclic) bond motifs is 1. The van der Waals surface area contributed by atoms with Crippen LogP contribution >= 0.6 is 0 Å². The molecule has 0 aromatic rings. The van der Waals surface area contributed by atoms with Crippen LogP contribution in [0.2, 0.25) is 0 Å². The summed E-state index contributed by atoms with van der Waals surface area (Å²) in [4.78, 5) is 15.2. The van der Waals surface area contributed by atoms with Gasteiger partial charge in [0.2, 0.25) is 5.91 Å². The average Bonchev–Trinajstić information content (AvgIpc) is 2.91. The molecule has 2 unspecified atom stereocenters. The summed E-state index contributed by atoms with van der Waals surface area (Å²) < 4.78 is 0. The Bertz CT molecular complexity index is 408. The van der Waals surface area contributed by atoms with Crippen molar-refractivity contribution in [1.29, 1.82) is 5.26 Å². The van der Waals surface area contributed by atoms with E-state index in [2.05, 4.69) is 16.3 Å². The fraction of sp³-hybridized carbons (Fsp3) is 0.875. The number of nitrogens with zero attached hydrogens (tertiary/aromatic N) is 2. The minimum atomic E-state index is -0.736. The summed E-state index contributed by atoms with van der Waals surface area (Å²) >= 11 is 0. The summed E-state index contributed by atoms with van der Waals surface area (Å²) in [6.07, 6.45) is 9.50. The predicted octanol–water partition coefficient (Wildman–Crippen LogP) is 2.20. The van der Waals surface area contributed by atoms with Gasteiger partial charge in [-0.25, -0.2) is 0 Å². The molecule has 2 saturated heterocycles. The number of carbonyl (C=O) groups excluding carboxylic acids is 1. The lowest BCUT2D eigenvalue weighted by atomic mass is 9.74. The highest BCUT2D eigenvalue weighted by Crippen LogP contribution is 2.37. The third-order valence-electron chi connectivity index (χ3n) is 5.53. The Morgan fingerprint density at radius 2 is 1.90 bits per heavy atom. The molecule has 3 fully saturated rings. The third kappa shape index (κ3) is 2.44. The number of piperidine rings is 1. The number of hydrogen-bond acceptors (Lipinski definition) is 3. The summed E-state index contributed by atoms with van der Waals surface area (Å²) in [6.45, 7) is 2.29. The van der Waals surface area contributed by atoms with E-state index in [0.717, 1.165) is 45.1 Å². The molecule has 1 amide bonds. The first-order chi connectivity index (χ1) is 9.75. The van der Waals surface area contributed by atoms with Crippen LogP contribution < -0.4 is 5.32 Å². The maximum absolute atomic E-state index is 12.6. The van der Waals surface area contributed by atoms with E-state index >= 15 is 0 Å². The van der Waals surface area contributed by atoms with Crippen LogP contribution in [0.3, 0.4) is 0 Å². The minimum absolute atomic E-state index is 0.0112. The average molecular weight is 275 g/mol. The fourth-order valence-corrected chi connectivity index (χ4v) is 4.27. The van der Waals surface area contributed by atoms with E-state index in [1.54, 1.807) is 0 Å². The first-order valence-electron chi connectivity index (χ1n) is 8.21. The van der Waals surface area contributed by atoms with Gasteiger partial charge in [0, 0.05) is 18.6 Å². The maximum atomic E-state index is 12.6. The largest absolute Gasteiger partial charge is 0.350 e. The fourth-order valence-electron chi connectivity index (χ4n) is 4.27. The Hall–Kier alpha value is -1.08. The lowest BCUT2D eigenvalue weighted by Gasteiger charge is -2.35. The SMILES string of the molecule is N#CC1(C(=O)NC2CCN3CCCCC23)CCCCC1. The molecule has 0 aromatic heterocycles. The zero-order chi connectivity index (χ0) is 14.0. The van der Waals surface area contributed by atoms with E-state index in [-0.39, 0.29) is 11.9 Å². The Labute approximate surface area is 121 Å². The van der Waals surface area contributed by atoms with Crippen LogP contribution in [0.1, 0.15) is 57.8 Å². The lowest BCUT2D eigenvalue weighted by Crippen LogP contribution is -2.51. The molecular weight excluding hydrogens is 250 g/mol. The van der Waals surface area contributed by atoms with Crippen molar-refractivity contribution < 1.29 is 4.79 Å². The first-order valence-corrected chi connectivity index (χ1v) is 8.21. The second kappa shape index (κ2) is 5.73. The Balaban J connectivity index is 1.65. The standard InChI is InChI=1S/C16H25N3O/c17-12-16(8-3-1-4-9-16)15(20)18-13-7-11-19-10-5-2-6-14(13)19/h13-14H,1-11H2,(H,18,20). The lowest BCUT2D eigenvalue weighted by molar-refractivity contribution is -0.130. The van der Waals surface area contributed by atoms with E-state index in [1.165, 1.54) is 25.8 Å². The summed E-state index contributed by atoms with van der Waals surface area (Å²) in [6, 6.07) is 3.13. The van der Waals surface area contributed by atoms with Gasteiger partial charge in [-0.15, -0.1) is 0 Å².